The van der Waals surface area contributed by atoms with Gasteiger partial charge < -0.3 is 4.74 Å². The first-order valence-corrected chi connectivity index (χ1v) is 11.3. The van der Waals surface area contributed by atoms with Crippen LogP contribution in [0.5, 0.6) is 5.75 Å². The van der Waals surface area contributed by atoms with Crippen molar-refractivity contribution in [2.45, 2.75) is 71.1 Å². The topological polar surface area (TPSA) is 52.4 Å². The van der Waals surface area contributed by atoms with E-state index in [-0.39, 0.29) is 10.6 Å². The Morgan fingerprint density at radius 2 is 1.20 bits per heavy atom. The van der Waals surface area contributed by atoms with Crippen molar-refractivity contribution >= 4 is 17.8 Å². The molecule has 0 unspecified atom stereocenters. The standard InChI is InChI=1S/C26H35NO3/c1-2-3-4-5-6-7-8-9-10-11-22-30-26-20-16-24(17-21-26)13-12-23-14-18-25(19-15-23)27(28)29/h12-21H,2-11,22H2,1H3/b13-12+. The monoisotopic (exact) mass is 409 g/mol. The van der Waals surface area contributed by atoms with Gasteiger partial charge in [0.05, 0.1) is 11.5 Å². The van der Waals surface area contributed by atoms with E-state index in [4.69, 9.17) is 4.74 Å². The summed E-state index contributed by atoms with van der Waals surface area (Å²) >= 11 is 0. The Balaban J connectivity index is 1.59. The Morgan fingerprint density at radius 3 is 1.70 bits per heavy atom. The molecule has 2 aromatic rings. The highest BCUT2D eigenvalue weighted by Crippen LogP contribution is 2.17. The van der Waals surface area contributed by atoms with Crippen LogP contribution >= 0.6 is 0 Å². The van der Waals surface area contributed by atoms with E-state index in [2.05, 4.69) is 6.92 Å². The molecule has 4 nitrogen and oxygen atoms in total. The van der Waals surface area contributed by atoms with E-state index in [0.29, 0.717) is 0 Å². The maximum absolute atomic E-state index is 10.7. The van der Waals surface area contributed by atoms with E-state index in [0.717, 1.165) is 29.9 Å². The fourth-order valence-electron chi connectivity index (χ4n) is 3.35. The summed E-state index contributed by atoms with van der Waals surface area (Å²) in [5.41, 5.74) is 2.11. The molecule has 2 aromatic carbocycles. The number of rotatable bonds is 15. The molecule has 0 bridgehead atoms. The fraction of sp³-hybridized carbons (Fsp3) is 0.462. The Labute approximate surface area is 181 Å². The van der Waals surface area contributed by atoms with Crippen LogP contribution in [-0.4, -0.2) is 11.5 Å². The van der Waals surface area contributed by atoms with Crippen LogP contribution in [0.3, 0.4) is 0 Å². The van der Waals surface area contributed by atoms with Crippen LogP contribution in [0.1, 0.15) is 82.3 Å². The molecule has 0 amide bonds. The molecule has 0 aliphatic heterocycles. The van der Waals surface area contributed by atoms with Gasteiger partial charge in [-0.3, -0.25) is 10.1 Å². The third-order valence-corrected chi connectivity index (χ3v) is 5.22. The summed E-state index contributed by atoms with van der Waals surface area (Å²) < 4.78 is 5.84. The summed E-state index contributed by atoms with van der Waals surface area (Å²) in [5.74, 6) is 0.901. The van der Waals surface area contributed by atoms with Crippen molar-refractivity contribution in [1.82, 2.24) is 0 Å². The van der Waals surface area contributed by atoms with Gasteiger partial charge in [0, 0.05) is 12.1 Å². The average molecular weight is 410 g/mol. The minimum atomic E-state index is -0.387. The third kappa shape index (κ3) is 9.73. The minimum Gasteiger partial charge on any atom is -0.494 e. The van der Waals surface area contributed by atoms with Gasteiger partial charge in [0.2, 0.25) is 0 Å². The van der Waals surface area contributed by atoms with Crippen LogP contribution in [0.15, 0.2) is 48.5 Å². The van der Waals surface area contributed by atoms with E-state index < -0.39 is 0 Å². The van der Waals surface area contributed by atoms with Gasteiger partial charge in [-0.25, -0.2) is 0 Å². The lowest BCUT2D eigenvalue weighted by atomic mass is 10.1. The summed E-state index contributed by atoms with van der Waals surface area (Å²) in [6.07, 6.45) is 17.2. The quantitative estimate of drug-likeness (QED) is 0.129. The van der Waals surface area contributed by atoms with Crippen LogP contribution < -0.4 is 4.74 Å². The molecule has 0 saturated carbocycles. The third-order valence-electron chi connectivity index (χ3n) is 5.22. The number of ether oxygens (including phenoxy) is 1. The summed E-state index contributed by atoms with van der Waals surface area (Å²) in [7, 11) is 0. The number of hydrogen-bond donors (Lipinski definition) is 0. The zero-order valence-electron chi connectivity index (χ0n) is 18.2. The molecule has 0 radical (unpaired) electrons. The molecule has 0 fully saturated rings. The molecule has 2 rings (SSSR count). The lowest BCUT2D eigenvalue weighted by Gasteiger charge is -2.06. The van der Waals surface area contributed by atoms with E-state index in [1.807, 2.05) is 36.4 Å². The van der Waals surface area contributed by atoms with Crippen LogP contribution in [0, 0.1) is 10.1 Å². The highest BCUT2D eigenvalue weighted by atomic mass is 16.6. The smallest absolute Gasteiger partial charge is 0.269 e. The fourth-order valence-corrected chi connectivity index (χ4v) is 3.35. The highest BCUT2D eigenvalue weighted by molar-refractivity contribution is 5.70. The van der Waals surface area contributed by atoms with Gasteiger partial charge in [0.15, 0.2) is 0 Å². The predicted molar refractivity (Wildman–Crippen MR) is 126 cm³/mol. The minimum absolute atomic E-state index is 0.107. The van der Waals surface area contributed by atoms with E-state index in [9.17, 15) is 10.1 Å². The van der Waals surface area contributed by atoms with Gasteiger partial charge in [-0.15, -0.1) is 0 Å². The number of nitro benzene ring substituents is 1. The Morgan fingerprint density at radius 1 is 0.733 bits per heavy atom. The maximum atomic E-state index is 10.7. The summed E-state index contributed by atoms with van der Waals surface area (Å²) in [4.78, 5) is 10.3. The molecule has 0 spiro atoms. The van der Waals surface area contributed by atoms with Crippen molar-refractivity contribution in [1.29, 1.82) is 0 Å². The Bertz CT molecular complexity index is 751. The van der Waals surface area contributed by atoms with Crippen molar-refractivity contribution in [3.8, 4) is 5.75 Å². The molecule has 30 heavy (non-hydrogen) atoms. The van der Waals surface area contributed by atoms with Crippen LogP contribution in [-0.2, 0) is 0 Å². The predicted octanol–water partition coefficient (Wildman–Crippen LogP) is 8.06. The highest BCUT2D eigenvalue weighted by Gasteiger charge is 2.02. The summed E-state index contributed by atoms with van der Waals surface area (Å²) in [6, 6.07) is 14.6. The van der Waals surface area contributed by atoms with E-state index in [1.165, 1.54) is 69.9 Å². The van der Waals surface area contributed by atoms with E-state index in [1.54, 1.807) is 12.1 Å². The second kappa shape index (κ2) is 14.4. The number of benzene rings is 2. The van der Waals surface area contributed by atoms with Crippen molar-refractivity contribution in [3.63, 3.8) is 0 Å². The first-order valence-electron chi connectivity index (χ1n) is 11.3. The van der Waals surface area contributed by atoms with Gasteiger partial charge in [-0.1, -0.05) is 89.0 Å². The maximum Gasteiger partial charge on any atom is 0.269 e. The zero-order chi connectivity index (χ0) is 21.4. The molecule has 0 heterocycles. The van der Waals surface area contributed by atoms with Crippen LogP contribution in [0.4, 0.5) is 5.69 Å². The number of hydrogen-bond acceptors (Lipinski definition) is 3. The first-order chi connectivity index (χ1) is 14.7. The lowest BCUT2D eigenvalue weighted by Crippen LogP contribution is -1.97. The molecule has 4 heteroatoms. The molecular formula is C26H35NO3. The summed E-state index contributed by atoms with van der Waals surface area (Å²) in [5, 5.41) is 10.7. The normalized spacial score (nSPS) is 11.1. The molecule has 0 N–H and O–H groups in total. The largest absolute Gasteiger partial charge is 0.494 e. The van der Waals surface area contributed by atoms with Crippen molar-refractivity contribution in [3.05, 3.63) is 69.8 Å². The van der Waals surface area contributed by atoms with E-state index >= 15 is 0 Å². The zero-order valence-corrected chi connectivity index (χ0v) is 18.2. The molecule has 0 aliphatic carbocycles. The Hall–Kier alpha value is -2.62. The van der Waals surface area contributed by atoms with Gasteiger partial charge in [-0.2, -0.15) is 0 Å². The van der Waals surface area contributed by atoms with Crippen molar-refractivity contribution in [2.75, 3.05) is 6.61 Å². The van der Waals surface area contributed by atoms with Crippen LogP contribution in [0.25, 0.3) is 12.2 Å². The van der Waals surface area contributed by atoms with Crippen LogP contribution in [0.2, 0.25) is 0 Å². The number of nitro groups is 1. The van der Waals surface area contributed by atoms with Gasteiger partial charge >= 0.3 is 0 Å². The van der Waals surface area contributed by atoms with Crippen molar-refractivity contribution < 1.29 is 9.66 Å². The number of nitrogens with zero attached hydrogens (tertiary/aromatic N) is 1. The second-order valence-corrected chi connectivity index (χ2v) is 7.78. The molecule has 162 valence electrons. The lowest BCUT2D eigenvalue weighted by molar-refractivity contribution is -0.384. The first kappa shape index (κ1) is 23.7. The number of non-ortho nitro benzene ring substituents is 1. The Kier molecular flexibility index (Phi) is 11.3. The summed E-state index contributed by atoms with van der Waals surface area (Å²) in [6.45, 7) is 3.03. The molecular weight excluding hydrogens is 374 g/mol. The molecule has 0 aliphatic rings. The van der Waals surface area contributed by atoms with Gasteiger partial charge in [-0.05, 0) is 41.8 Å². The molecule has 0 aromatic heterocycles. The average Bonchev–Trinajstić information content (AvgIpc) is 2.77. The van der Waals surface area contributed by atoms with Gasteiger partial charge in [0.25, 0.3) is 5.69 Å². The SMILES string of the molecule is CCCCCCCCCCCCOc1ccc(/C=C/c2ccc([N+](=O)[O-])cc2)cc1. The second-order valence-electron chi connectivity index (χ2n) is 7.78. The van der Waals surface area contributed by atoms with Gasteiger partial charge in [0.1, 0.15) is 5.75 Å². The molecule has 0 atom stereocenters. The molecule has 0 saturated heterocycles. The van der Waals surface area contributed by atoms with Crippen molar-refractivity contribution in [2.24, 2.45) is 0 Å². The number of unbranched alkanes of at least 4 members (excludes halogenated alkanes) is 9.